The Bertz CT molecular complexity index is 372. The summed E-state index contributed by atoms with van der Waals surface area (Å²) in [6.07, 6.45) is 1.79. The minimum Gasteiger partial charge on any atom is -0.385 e. The number of hydrazone groups is 1. The SMILES string of the molecule is Cc1ccnc(N2CC(C)C(N)=N2)c1. The minimum absolute atomic E-state index is 0.317. The Morgan fingerprint density at radius 2 is 2.36 bits per heavy atom. The van der Waals surface area contributed by atoms with E-state index in [4.69, 9.17) is 5.73 Å². The molecule has 2 rings (SSSR count). The van der Waals surface area contributed by atoms with Gasteiger partial charge >= 0.3 is 0 Å². The number of pyridine rings is 1. The molecule has 74 valence electrons. The number of amidine groups is 1. The lowest BCUT2D eigenvalue weighted by molar-refractivity contribution is 0.764. The zero-order valence-electron chi connectivity index (χ0n) is 8.44. The average Bonchev–Trinajstić information content (AvgIpc) is 2.47. The summed E-state index contributed by atoms with van der Waals surface area (Å²) in [6.45, 7) is 4.93. The van der Waals surface area contributed by atoms with Gasteiger partial charge in [-0.1, -0.05) is 6.92 Å². The molecule has 1 aromatic heterocycles. The van der Waals surface area contributed by atoms with E-state index in [2.05, 4.69) is 17.0 Å². The molecule has 1 aliphatic heterocycles. The van der Waals surface area contributed by atoms with E-state index in [-0.39, 0.29) is 0 Å². The Balaban J connectivity index is 2.26. The number of anilines is 1. The van der Waals surface area contributed by atoms with Gasteiger partial charge in [-0.3, -0.25) is 0 Å². The van der Waals surface area contributed by atoms with Crippen molar-refractivity contribution >= 4 is 11.7 Å². The number of nitrogens with zero attached hydrogens (tertiary/aromatic N) is 3. The fourth-order valence-corrected chi connectivity index (χ4v) is 1.44. The number of hydrogen-bond donors (Lipinski definition) is 1. The third-order valence-corrected chi connectivity index (χ3v) is 2.35. The van der Waals surface area contributed by atoms with Gasteiger partial charge in [0.15, 0.2) is 0 Å². The molecule has 2 heterocycles. The molecule has 1 aliphatic rings. The molecule has 0 aliphatic carbocycles. The lowest BCUT2D eigenvalue weighted by Gasteiger charge is -2.12. The summed E-state index contributed by atoms with van der Waals surface area (Å²) in [5.41, 5.74) is 6.91. The average molecular weight is 190 g/mol. The molecule has 0 fully saturated rings. The molecule has 0 aromatic carbocycles. The second kappa shape index (κ2) is 3.29. The Hall–Kier alpha value is -1.58. The van der Waals surface area contributed by atoms with E-state index in [1.807, 2.05) is 24.1 Å². The Kier molecular flexibility index (Phi) is 2.11. The lowest BCUT2D eigenvalue weighted by Crippen LogP contribution is -2.20. The van der Waals surface area contributed by atoms with Gasteiger partial charge in [-0.15, -0.1) is 0 Å². The van der Waals surface area contributed by atoms with Crippen LogP contribution in [-0.2, 0) is 0 Å². The molecule has 0 amide bonds. The van der Waals surface area contributed by atoms with E-state index in [9.17, 15) is 0 Å². The highest BCUT2D eigenvalue weighted by Crippen LogP contribution is 2.19. The molecule has 14 heavy (non-hydrogen) atoms. The monoisotopic (exact) mass is 190 g/mol. The quantitative estimate of drug-likeness (QED) is 0.722. The molecular weight excluding hydrogens is 176 g/mol. The van der Waals surface area contributed by atoms with Gasteiger partial charge in [-0.2, -0.15) is 5.10 Å². The molecule has 1 aromatic rings. The molecular formula is C10H14N4. The van der Waals surface area contributed by atoms with Crippen LogP contribution in [0.5, 0.6) is 0 Å². The first-order valence-electron chi connectivity index (χ1n) is 4.71. The van der Waals surface area contributed by atoms with E-state index < -0.39 is 0 Å². The first-order chi connectivity index (χ1) is 6.66. The van der Waals surface area contributed by atoms with Crippen molar-refractivity contribution in [2.45, 2.75) is 13.8 Å². The fraction of sp³-hybridized carbons (Fsp3) is 0.400. The van der Waals surface area contributed by atoms with E-state index in [1.54, 1.807) is 6.20 Å². The van der Waals surface area contributed by atoms with Gasteiger partial charge in [0.2, 0.25) is 0 Å². The zero-order chi connectivity index (χ0) is 10.1. The summed E-state index contributed by atoms with van der Waals surface area (Å²) in [5.74, 6) is 1.88. The summed E-state index contributed by atoms with van der Waals surface area (Å²) in [4.78, 5) is 4.25. The van der Waals surface area contributed by atoms with Crippen molar-refractivity contribution < 1.29 is 0 Å². The second-order valence-corrected chi connectivity index (χ2v) is 3.70. The maximum atomic E-state index is 5.72. The van der Waals surface area contributed by atoms with Crippen molar-refractivity contribution in [2.24, 2.45) is 16.8 Å². The summed E-state index contributed by atoms with van der Waals surface area (Å²) in [7, 11) is 0. The highest BCUT2D eigenvalue weighted by Gasteiger charge is 2.21. The van der Waals surface area contributed by atoms with Crippen LogP contribution in [-0.4, -0.2) is 17.4 Å². The Morgan fingerprint density at radius 1 is 1.57 bits per heavy atom. The van der Waals surface area contributed by atoms with Crippen LogP contribution < -0.4 is 10.7 Å². The Morgan fingerprint density at radius 3 is 2.93 bits per heavy atom. The van der Waals surface area contributed by atoms with Gasteiger partial charge in [0.1, 0.15) is 11.7 Å². The standard InChI is InChI=1S/C10H14N4/c1-7-3-4-12-9(5-7)14-6-8(2)10(11)13-14/h3-5,8H,6H2,1-2H3,(H2,11,13). The first-order valence-corrected chi connectivity index (χ1v) is 4.71. The first kappa shape index (κ1) is 8.99. The van der Waals surface area contributed by atoms with Crippen LogP contribution in [0.15, 0.2) is 23.4 Å². The highest BCUT2D eigenvalue weighted by molar-refractivity contribution is 5.86. The van der Waals surface area contributed by atoms with Crippen molar-refractivity contribution in [1.82, 2.24) is 4.98 Å². The number of hydrogen-bond acceptors (Lipinski definition) is 4. The van der Waals surface area contributed by atoms with E-state index in [0.29, 0.717) is 11.8 Å². The normalized spacial score (nSPS) is 21.1. The van der Waals surface area contributed by atoms with Crippen LogP contribution in [0.4, 0.5) is 5.82 Å². The van der Waals surface area contributed by atoms with Crippen molar-refractivity contribution in [2.75, 3.05) is 11.6 Å². The summed E-state index contributed by atoms with van der Waals surface area (Å²) < 4.78 is 0. The lowest BCUT2D eigenvalue weighted by atomic mass is 10.2. The molecule has 0 saturated carbocycles. The highest BCUT2D eigenvalue weighted by atomic mass is 15.5. The molecule has 1 unspecified atom stereocenters. The molecule has 4 nitrogen and oxygen atoms in total. The third kappa shape index (κ3) is 1.55. The topological polar surface area (TPSA) is 54.5 Å². The number of nitrogens with two attached hydrogens (primary N) is 1. The van der Waals surface area contributed by atoms with Crippen LogP contribution in [0, 0.1) is 12.8 Å². The molecule has 0 saturated heterocycles. The molecule has 0 spiro atoms. The molecule has 4 heteroatoms. The van der Waals surface area contributed by atoms with Crippen LogP contribution in [0.3, 0.4) is 0 Å². The van der Waals surface area contributed by atoms with E-state index >= 15 is 0 Å². The molecule has 0 radical (unpaired) electrons. The predicted molar refractivity (Wildman–Crippen MR) is 57.1 cm³/mol. The number of rotatable bonds is 1. The number of aryl methyl sites for hydroxylation is 1. The van der Waals surface area contributed by atoms with Crippen molar-refractivity contribution in [1.29, 1.82) is 0 Å². The summed E-state index contributed by atoms with van der Waals surface area (Å²) >= 11 is 0. The van der Waals surface area contributed by atoms with Crippen LogP contribution in [0.2, 0.25) is 0 Å². The van der Waals surface area contributed by atoms with Gasteiger partial charge in [-0.05, 0) is 24.6 Å². The smallest absolute Gasteiger partial charge is 0.149 e. The maximum Gasteiger partial charge on any atom is 0.149 e. The van der Waals surface area contributed by atoms with Crippen LogP contribution >= 0.6 is 0 Å². The predicted octanol–water partition coefficient (Wildman–Crippen LogP) is 1.12. The maximum absolute atomic E-state index is 5.72. The van der Waals surface area contributed by atoms with Gasteiger partial charge in [0.05, 0.1) is 6.54 Å². The van der Waals surface area contributed by atoms with Crippen molar-refractivity contribution in [3.05, 3.63) is 23.9 Å². The zero-order valence-corrected chi connectivity index (χ0v) is 8.44. The fourth-order valence-electron chi connectivity index (χ4n) is 1.44. The van der Waals surface area contributed by atoms with E-state index in [0.717, 1.165) is 12.4 Å². The molecule has 2 N–H and O–H groups in total. The van der Waals surface area contributed by atoms with Gasteiger partial charge in [0, 0.05) is 12.1 Å². The van der Waals surface area contributed by atoms with Crippen molar-refractivity contribution in [3.8, 4) is 0 Å². The summed E-state index contributed by atoms with van der Waals surface area (Å²) in [6, 6.07) is 3.98. The molecule has 1 atom stereocenters. The van der Waals surface area contributed by atoms with E-state index in [1.165, 1.54) is 5.56 Å². The van der Waals surface area contributed by atoms with Gasteiger partial charge in [0.25, 0.3) is 0 Å². The second-order valence-electron chi connectivity index (χ2n) is 3.70. The van der Waals surface area contributed by atoms with Gasteiger partial charge < -0.3 is 5.73 Å². The summed E-state index contributed by atoms with van der Waals surface area (Å²) in [5, 5.41) is 6.10. The minimum atomic E-state index is 0.317. The Labute approximate surface area is 83.4 Å². The van der Waals surface area contributed by atoms with Crippen molar-refractivity contribution in [3.63, 3.8) is 0 Å². The largest absolute Gasteiger partial charge is 0.385 e. The number of aromatic nitrogens is 1. The van der Waals surface area contributed by atoms with Crippen LogP contribution in [0.1, 0.15) is 12.5 Å². The molecule has 0 bridgehead atoms. The van der Waals surface area contributed by atoms with Crippen LogP contribution in [0.25, 0.3) is 0 Å². The van der Waals surface area contributed by atoms with Gasteiger partial charge in [-0.25, -0.2) is 9.99 Å². The third-order valence-electron chi connectivity index (χ3n) is 2.35.